The number of rotatable bonds is 4. The number of benzene rings is 1. The predicted molar refractivity (Wildman–Crippen MR) is 70.9 cm³/mol. The van der Waals surface area contributed by atoms with Gasteiger partial charge in [-0.1, -0.05) is 30.7 Å². The van der Waals surface area contributed by atoms with Crippen molar-refractivity contribution in [2.24, 2.45) is 0 Å². The first-order chi connectivity index (χ1) is 8.24. The minimum Gasteiger partial charge on any atom is -0.319 e. The normalized spacial score (nSPS) is 12.6. The highest BCUT2D eigenvalue weighted by molar-refractivity contribution is 6.32. The standard InChI is InChI=1S/C13H16ClN3/c1-10(9-15-2)12-7-8-16-17(12)13-6-4-3-5-11(13)14/h3-8,10,15H,9H2,1-2H3. The summed E-state index contributed by atoms with van der Waals surface area (Å²) in [5, 5.41) is 8.25. The van der Waals surface area contributed by atoms with Crippen molar-refractivity contribution in [3.63, 3.8) is 0 Å². The van der Waals surface area contributed by atoms with Gasteiger partial charge in [0.25, 0.3) is 0 Å². The van der Waals surface area contributed by atoms with Crippen molar-refractivity contribution in [1.82, 2.24) is 15.1 Å². The van der Waals surface area contributed by atoms with Crippen molar-refractivity contribution in [3.8, 4) is 5.69 Å². The summed E-state index contributed by atoms with van der Waals surface area (Å²) in [5.74, 6) is 0.388. The molecule has 4 heteroatoms. The summed E-state index contributed by atoms with van der Waals surface area (Å²) >= 11 is 6.19. The molecule has 0 saturated heterocycles. The van der Waals surface area contributed by atoms with Crippen LogP contribution < -0.4 is 5.32 Å². The van der Waals surface area contributed by atoms with E-state index in [0.717, 1.165) is 17.9 Å². The second kappa shape index (κ2) is 5.34. The first-order valence-electron chi connectivity index (χ1n) is 5.67. The maximum Gasteiger partial charge on any atom is 0.0835 e. The Morgan fingerprint density at radius 2 is 2.12 bits per heavy atom. The van der Waals surface area contributed by atoms with E-state index in [2.05, 4.69) is 17.3 Å². The van der Waals surface area contributed by atoms with E-state index < -0.39 is 0 Å². The summed E-state index contributed by atoms with van der Waals surface area (Å²) < 4.78 is 1.91. The Kier molecular flexibility index (Phi) is 3.82. The van der Waals surface area contributed by atoms with Crippen molar-refractivity contribution in [1.29, 1.82) is 0 Å². The zero-order valence-corrected chi connectivity index (χ0v) is 10.8. The summed E-state index contributed by atoms with van der Waals surface area (Å²) in [6.07, 6.45) is 1.81. The molecule has 1 aromatic heterocycles. The second-order valence-electron chi connectivity index (χ2n) is 4.08. The minimum absolute atomic E-state index is 0.388. The number of halogens is 1. The minimum atomic E-state index is 0.388. The molecule has 0 aliphatic rings. The number of nitrogens with one attached hydrogen (secondary N) is 1. The zero-order valence-electron chi connectivity index (χ0n) is 10.0. The van der Waals surface area contributed by atoms with Crippen LogP contribution in [0.25, 0.3) is 5.69 Å². The molecule has 0 fully saturated rings. The molecule has 90 valence electrons. The first-order valence-corrected chi connectivity index (χ1v) is 6.05. The van der Waals surface area contributed by atoms with E-state index in [1.165, 1.54) is 0 Å². The summed E-state index contributed by atoms with van der Waals surface area (Å²) in [7, 11) is 1.95. The summed E-state index contributed by atoms with van der Waals surface area (Å²) in [6, 6.07) is 9.78. The molecule has 0 aliphatic carbocycles. The van der Waals surface area contributed by atoms with E-state index in [9.17, 15) is 0 Å². The Morgan fingerprint density at radius 3 is 2.82 bits per heavy atom. The van der Waals surface area contributed by atoms with Crippen molar-refractivity contribution >= 4 is 11.6 Å². The van der Waals surface area contributed by atoms with Crippen LogP contribution in [-0.4, -0.2) is 23.4 Å². The molecule has 0 aliphatic heterocycles. The third-order valence-electron chi connectivity index (χ3n) is 2.77. The molecule has 1 heterocycles. The lowest BCUT2D eigenvalue weighted by Gasteiger charge is -2.14. The molecule has 1 atom stereocenters. The van der Waals surface area contributed by atoms with Gasteiger partial charge >= 0.3 is 0 Å². The number of likely N-dealkylation sites (N-methyl/N-ethyl adjacent to an activating group) is 1. The van der Waals surface area contributed by atoms with Gasteiger partial charge in [0, 0.05) is 24.4 Å². The monoisotopic (exact) mass is 249 g/mol. The molecule has 1 aromatic carbocycles. The fourth-order valence-electron chi connectivity index (χ4n) is 1.92. The van der Waals surface area contributed by atoms with Gasteiger partial charge in [-0.05, 0) is 25.2 Å². The molecule has 17 heavy (non-hydrogen) atoms. The van der Waals surface area contributed by atoms with E-state index in [1.54, 1.807) is 0 Å². The Balaban J connectivity index is 2.40. The molecule has 0 saturated carbocycles. The summed E-state index contributed by atoms with van der Waals surface area (Å²) in [6.45, 7) is 3.08. The van der Waals surface area contributed by atoms with Crippen LogP contribution in [-0.2, 0) is 0 Å². The third-order valence-corrected chi connectivity index (χ3v) is 3.09. The van der Waals surface area contributed by atoms with Gasteiger partial charge in [-0.25, -0.2) is 4.68 Å². The highest BCUT2D eigenvalue weighted by atomic mass is 35.5. The molecule has 2 aromatic rings. The highest BCUT2D eigenvalue weighted by Gasteiger charge is 2.13. The Morgan fingerprint density at radius 1 is 1.35 bits per heavy atom. The van der Waals surface area contributed by atoms with Gasteiger partial charge in [0.1, 0.15) is 0 Å². The van der Waals surface area contributed by atoms with Crippen LogP contribution in [0.2, 0.25) is 5.02 Å². The molecule has 0 radical (unpaired) electrons. The molecular weight excluding hydrogens is 234 g/mol. The van der Waals surface area contributed by atoms with Crippen molar-refractivity contribution in [2.75, 3.05) is 13.6 Å². The lowest BCUT2D eigenvalue weighted by atomic mass is 10.1. The van der Waals surface area contributed by atoms with Gasteiger partial charge in [0.2, 0.25) is 0 Å². The van der Waals surface area contributed by atoms with E-state index >= 15 is 0 Å². The van der Waals surface area contributed by atoms with Gasteiger partial charge < -0.3 is 5.32 Å². The maximum atomic E-state index is 6.19. The number of aromatic nitrogens is 2. The Bertz CT molecular complexity index is 493. The van der Waals surface area contributed by atoms with Gasteiger partial charge in [-0.15, -0.1) is 0 Å². The summed E-state index contributed by atoms with van der Waals surface area (Å²) in [4.78, 5) is 0. The number of nitrogens with zero attached hydrogens (tertiary/aromatic N) is 2. The first kappa shape index (κ1) is 12.1. The zero-order chi connectivity index (χ0) is 12.3. The number of hydrogen-bond donors (Lipinski definition) is 1. The predicted octanol–water partition coefficient (Wildman–Crippen LogP) is 2.85. The highest BCUT2D eigenvalue weighted by Crippen LogP contribution is 2.23. The average molecular weight is 250 g/mol. The van der Waals surface area contributed by atoms with Gasteiger partial charge in [-0.3, -0.25) is 0 Å². The summed E-state index contributed by atoms with van der Waals surface area (Å²) in [5.41, 5.74) is 2.09. The molecule has 1 N–H and O–H groups in total. The van der Waals surface area contributed by atoms with E-state index in [-0.39, 0.29) is 0 Å². The smallest absolute Gasteiger partial charge is 0.0835 e. The molecule has 0 bridgehead atoms. The van der Waals surface area contributed by atoms with Crippen molar-refractivity contribution in [2.45, 2.75) is 12.8 Å². The number of para-hydroxylation sites is 1. The SMILES string of the molecule is CNCC(C)c1ccnn1-c1ccccc1Cl. The molecular formula is C13H16ClN3. The van der Waals surface area contributed by atoms with E-state index in [4.69, 9.17) is 11.6 Å². The maximum absolute atomic E-state index is 6.19. The van der Waals surface area contributed by atoms with E-state index in [0.29, 0.717) is 10.9 Å². The van der Waals surface area contributed by atoms with Crippen LogP contribution in [0.15, 0.2) is 36.5 Å². The quantitative estimate of drug-likeness (QED) is 0.903. The van der Waals surface area contributed by atoms with Gasteiger partial charge in [0.15, 0.2) is 0 Å². The fourth-order valence-corrected chi connectivity index (χ4v) is 2.14. The van der Waals surface area contributed by atoms with Crippen molar-refractivity contribution < 1.29 is 0 Å². The molecule has 0 amide bonds. The Hall–Kier alpha value is -1.32. The van der Waals surface area contributed by atoms with Crippen molar-refractivity contribution in [3.05, 3.63) is 47.2 Å². The van der Waals surface area contributed by atoms with Gasteiger partial charge in [0.05, 0.1) is 10.7 Å². The second-order valence-corrected chi connectivity index (χ2v) is 4.49. The molecule has 2 rings (SSSR count). The van der Waals surface area contributed by atoms with E-state index in [1.807, 2.05) is 48.3 Å². The lowest BCUT2D eigenvalue weighted by Crippen LogP contribution is -2.17. The van der Waals surface area contributed by atoms with Crippen LogP contribution in [0.5, 0.6) is 0 Å². The van der Waals surface area contributed by atoms with Crippen LogP contribution in [0.3, 0.4) is 0 Å². The molecule has 3 nitrogen and oxygen atoms in total. The third kappa shape index (κ3) is 2.51. The van der Waals surface area contributed by atoms with Gasteiger partial charge in [-0.2, -0.15) is 5.10 Å². The van der Waals surface area contributed by atoms with Crippen LogP contribution in [0, 0.1) is 0 Å². The lowest BCUT2D eigenvalue weighted by molar-refractivity contribution is 0.634. The fraction of sp³-hybridized carbons (Fsp3) is 0.308. The molecule has 0 spiro atoms. The van der Waals surface area contributed by atoms with Crippen LogP contribution in [0.4, 0.5) is 0 Å². The Labute approximate surface area is 106 Å². The molecule has 1 unspecified atom stereocenters. The largest absolute Gasteiger partial charge is 0.319 e. The number of hydrogen-bond acceptors (Lipinski definition) is 2. The topological polar surface area (TPSA) is 29.9 Å². The van der Waals surface area contributed by atoms with Crippen LogP contribution in [0.1, 0.15) is 18.5 Å². The van der Waals surface area contributed by atoms with Crippen LogP contribution >= 0.6 is 11.6 Å². The average Bonchev–Trinajstić information content (AvgIpc) is 2.79.